The summed E-state index contributed by atoms with van der Waals surface area (Å²) in [6.07, 6.45) is 0. The van der Waals surface area contributed by atoms with E-state index in [1.54, 1.807) is 27.0 Å². The van der Waals surface area contributed by atoms with Gasteiger partial charge in [0.15, 0.2) is 0 Å². The van der Waals surface area contributed by atoms with E-state index in [0.29, 0.717) is 11.3 Å². The van der Waals surface area contributed by atoms with E-state index in [-0.39, 0.29) is 18.3 Å². The topological polar surface area (TPSA) is 29.5 Å². The molecule has 2 nitrogen and oxygen atoms in total. The molecule has 1 N–H and O–H groups in total. The molecule has 78 valence electrons. The van der Waals surface area contributed by atoms with Crippen molar-refractivity contribution in [1.29, 1.82) is 0 Å². The molecule has 0 aliphatic rings. The quantitative estimate of drug-likeness (QED) is 0.807. The number of hydrogen-bond donors (Lipinski definition) is 1. The second-order valence-electron chi connectivity index (χ2n) is 3.43. The summed E-state index contributed by atoms with van der Waals surface area (Å²) in [5, 5.41) is 8.94. The molecule has 0 aliphatic carbocycles. The van der Waals surface area contributed by atoms with E-state index in [9.17, 15) is 4.39 Å². The van der Waals surface area contributed by atoms with Gasteiger partial charge >= 0.3 is 0 Å². The molecule has 0 amide bonds. The van der Waals surface area contributed by atoms with Crippen molar-refractivity contribution in [3.05, 3.63) is 29.1 Å². The molecule has 0 fully saturated rings. The van der Waals surface area contributed by atoms with Crippen LogP contribution in [0, 0.1) is 12.7 Å². The zero-order valence-corrected chi connectivity index (χ0v) is 8.67. The molecular formula is C11H15FO2. The van der Waals surface area contributed by atoms with Crippen molar-refractivity contribution in [2.75, 3.05) is 13.7 Å². The predicted molar refractivity (Wildman–Crippen MR) is 53.2 cm³/mol. The smallest absolute Gasteiger partial charge is 0.127 e. The molecule has 1 unspecified atom stereocenters. The van der Waals surface area contributed by atoms with Gasteiger partial charge in [0, 0.05) is 12.5 Å². The average Bonchev–Trinajstić information content (AvgIpc) is 2.17. The first-order valence-corrected chi connectivity index (χ1v) is 4.55. The molecule has 14 heavy (non-hydrogen) atoms. The van der Waals surface area contributed by atoms with Crippen molar-refractivity contribution in [2.24, 2.45) is 0 Å². The summed E-state index contributed by atoms with van der Waals surface area (Å²) < 4.78 is 18.5. The molecule has 0 aromatic heterocycles. The lowest BCUT2D eigenvalue weighted by Crippen LogP contribution is -2.03. The Hall–Kier alpha value is -1.09. The second kappa shape index (κ2) is 4.42. The molecule has 1 rings (SSSR count). The summed E-state index contributed by atoms with van der Waals surface area (Å²) in [7, 11) is 1.55. The van der Waals surface area contributed by atoms with Gasteiger partial charge in [0.2, 0.25) is 0 Å². The maximum atomic E-state index is 13.4. The molecule has 0 bridgehead atoms. The van der Waals surface area contributed by atoms with Crippen LogP contribution in [0.5, 0.6) is 5.75 Å². The van der Waals surface area contributed by atoms with E-state index < -0.39 is 0 Å². The SMILES string of the molecule is COc1cc(C(C)CO)c(F)cc1C. The zero-order chi connectivity index (χ0) is 10.7. The van der Waals surface area contributed by atoms with Crippen LogP contribution in [0.1, 0.15) is 24.0 Å². The fourth-order valence-corrected chi connectivity index (χ4v) is 1.36. The van der Waals surface area contributed by atoms with Gasteiger partial charge in [0.1, 0.15) is 11.6 Å². The van der Waals surface area contributed by atoms with Gasteiger partial charge in [-0.2, -0.15) is 0 Å². The minimum atomic E-state index is -0.287. The van der Waals surface area contributed by atoms with E-state index >= 15 is 0 Å². The normalized spacial score (nSPS) is 12.6. The van der Waals surface area contributed by atoms with Crippen LogP contribution in [0.15, 0.2) is 12.1 Å². The van der Waals surface area contributed by atoms with Gasteiger partial charge in [-0.25, -0.2) is 4.39 Å². The monoisotopic (exact) mass is 198 g/mol. The lowest BCUT2D eigenvalue weighted by Gasteiger charge is -2.13. The maximum Gasteiger partial charge on any atom is 0.127 e. The van der Waals surface area contributed by atoms with E-state index in [4.69, 9.17) is 9.84 Å². The van der Waals surface area contributed by atoms with Gasteiger partial charge in [-0.05, 0) is 30.2 Å². The van der Waals surface area contributed by atoms with Crippen molar-refractivity contribution in [3.63, 3.8) is 0 Å². The summed E-state index contributed by atoms with van der Waals surface area (Å²) >= 11 is 0. The van der Waals surface area contributed by atoms with Crippen molar-refractivity contribution in [3.8, 4) is 5.75 Å². The molecule has 1 aromatic carbocycles. The fourth-order valence-electron chi connectivity index (χ4n) is 1.36. The maximum absolute atomic E-state index is 13.4. The van der Waals surface area contributed by atoms with Crippen molar-refractivity contribution in [1.82, 2.24) is 0 Å². The molecule has 0 spiro atoms. The summed E-state index contributed by atoms with van der Waals surface area (Å²) in [6.45, 7) is 3.49. The highest BCUT2D eigenvalue weighted by Gasteiger charge is 2.13. The van der Waals surface area contributed by atoms with Crippen LogP contribution in [0.4, 0.5) is 4.39 Å². The Balaban J connectivity index is 3.17. The Kier molecular flexibility index (Phi) is 3.47. The summed E-state index contributed by atoms with van der Waals surface area (Å²) in [5.41, 5.74) is 1.26. The van der Waals surface area contributed by atoms with Gasteiger partial charge in [-0.15, -0.1) is 0 Å². The number of ether oxygens (including phenoxy) is 1. The van der Waals surface area contributed by atoms with Crippen molar-refractivity contribution in [2.45, 2.75) is 19.8 Å². The molecule has 1 aromatic rings. The van der Waals surface area contributed by atoms with E-state index in [2.05, 4.69) is 0 Å². The molecule has 0 aliphatic heterocycles. The van der Waals surface area contributed by atoms with E-state index in [0.717, 1.165) is 5.56 Å². The number of benzene rings is 1. The number of hydrogen-bond acceptors (Lipinski definition) is 2. The van der Waals surface area contributed by atoms with Crippen LogP contribution in [-0.2, 0) is 0 Å². The van der Waals surface area contributed by atoms with E-state index in [1.807, 2.05) is 0 Å². The number of halogens is 1. The number of methoxy groups -OCH3 is 1. The van der Waals surface area contributed by atoms with E-state index in [1.165, 1.54) is 6.07 Å². The Morgan fingerprint density at radius 2 is 2.14 bits per heavy atom. The zero-order valence-electron chi connectivity index (χ0n) is 8.67. The van der Waals surface area contributed by atoms with Gasteiger partial charge in [0.25, 0.3) is 0 Å². The fraction of sp³-hybridized carbons (Fsp3) is 0.455. The number of aliphatic hydroxyl groups is 1. The first kappa shape index (κ1) is 11.0. The van der Waals surface area contributed by atoms with Crippen LogP contribution in [0.3, 0.4) is 0 Å². The highest BCUT2D eigenvalue weighted by atomic mass is 19.1. The third-order valence-corrected chi connectivity index (χ3v) is 2.32. The first-order chi connectivity index (χ1) is 6.60. The van der Waals surface area contributed by atoms with Gasteiger partial charge in [-0.1, -0.05) is 6.92 Å². The Morgan fingerprint density at radius 3 is 2.64 bits per heavy atom. The lowest BCUT2D eigenvalue weighted by molar-refractivity contribution is 0.270. The van der Waals surface area contributed by atoms with Crippen molar-refractivity contribution < 1.29 is 14.2 Å². The predicted octanol–water partition coefficient (Wildman–Crippen LogP) is 2.24. The van der Waals surface area contributed by atoms with Gasteiger partial charge < -0.3 is 9.84 Å². The number of rotatable bonds is 3. The molecule has 0 radical (unpaired) electrons. The second-order valence-corrected chi connectivity index (χ2v) is 3.43. The minimum Gasteiger partial charge on any atom is -0.496 e. The van der Waals surface area contributed by atoms with Crippen LogP contribution in [0.2, 0.25) is 0 Å². The third-order valence-electron chi connectivity index (χ3n) is 2.32. The third kappa shape index (κ3) is 2.04. The highest BCUT2D eigenvalue weighted by molar-refractivity contribution is 5.38. The Labute approximate surface area is 83.3 Å². The summed E-state index contributed by atoms with van der Waals surface area (Å²) in [6, 6.07) is 3.08. The Bertz CT molecular complexity index is 323. The minimum absolute atomic E-state index is 0.0663. The Morgan fingerprint density at radius 1 is 1.50 bits per heavy atom. The molecule has 0 heterocycles. The lowest BCUT2D eigenvalue weighted by atomic mass is 9.99. The number of aliphatic hydroxyl groups excluding tert-OH is 1. The largest absolute Gasteiger partial charge is 0.496 e. The van der Waals surface area contributed by atoms with Crippen LogP contribution >= 0.6 is 0 Å². The van der Waals surface area contributed by atoms with Crippen molar-refractivity contribution >= 4 is 0 Å². The molecule has 0 saturated carbocycles. The highest BCUT2D eigenvalue weighted by Crippen LogP contribution is 2.26. The van der Waals surface area contributed by atoms with Crippen LogP contribution < -0.4 is 4.74 Å². The van der Waals surface area contributed by atoms with Gasteiger partial charge in [0.05, 0.1) is 7.11 Å². The molecule has 1 atom stereocenters. The molecule has 0 saturated heterocycles. The summed E-state index contributed by atoms with van der Waals surface area (Å²) in [4.78, 5) is 0. The number of aryl methyl sites for hydroxylation is 1. The molecule has 3 heteroatoms. The summed E-state index contributed by atoms with van der Waals surface area (Å²) in [5.74, 6) is 0.163. The first-order valence-electron chi connectivity index (χ1n) is 4.55. The van der Waals surface area contributed by atoms with Gasteiger partial charge in [-0.3, -0.25) is 0 Å². The average molecular weight is 198 g/mol. The van der Waals surface area contributed by atoms with Crippen LogP contribution in [0.25, 0.3) is 0 Å². The van der Waals surface area contributed by atoms with Crippen LogP contribution in [-0.4, -0.2) is 18.8 Å². The molecular weight excluding hydrogens is 183 g/mol. The standard InChI is InChI=1S/C11H15FO2/c1-7-4-10(12)9(8(2)6-13)5-11(7)14-3/h4-5,8,13H,6H2,1-3H3.